The highest BCUT2D eigenvalue weighted by Crippen LogP contribution is 2.12. The van der Waals surface area contributed by atoms with Crippen LogP contribution in [0, 0.1) is 0 Å². The molecule has 1 amide bonds. The van der Waals surface area contributed by atoms with Crippen molar-refractivity contribution in [2.75, 3.05) is 32.7 Å². The second-order valence-corrected chi connectivity index (χ2v) is 4.60. The van der Waals surface area contributed by atoms with Crippen LogP contribution in [0.2, 0.25) is 0 Å². The van der Waals surface area contributed by atoms with Gasteiger partial charge in [0.15, 0.2) is 5.76 Å². The van der Waals surface area contributed by atoms with E-state index in [0.29, 0.717) is 18.3 Å². The van der Waals surface area contributed by atoms with Gasteiger partial charge in [-0.1, -0.05) is 6.92 Å². The number of rotatable bonds is 4. The summed E-state index contributed by atoms with van der Waals surface area (Å²) in [6.45, 7) is 6.11. The Morgan fingerprint density at radius 3 is 2.67 bits per heavy atom. The highest BCUT2D eigenvalue weighted by Gasteiger charge is 2.26. The number of furan rings is 1. The monoisotopic (exact) mass is 251 g/mol. The topological polar surface area (TPSA) is 62.7 Å². The van der Waals surface area contributed by atoms with Crippen molar-refractivity contribution in [3.8, 4) is 0 Å². The summed E-state index contributed by atoms with van der Waals surface area (Å²) in [6.07, 6.45) is 2.59. The van der Waals surface area contributed by atoms with Gasteiger partial charge in [-0.05, 0) is 18.6 Å². The molecule has 1 aromatic heterocycles. The zero-order chi connectivity index (χ0) is 13.0. The standard InChI is InChI=1S/C13H21N3O2/c1-2-11(10-14)15-5-7-16(8-6-15)13(17)12-4-3-9-18-12/h3-4,9,11H,2,5-8,10,14H2,1H3. The van der Waals surface area contributed by atoms with Crippen LogP contribution in [0.5, 0.6) is 0 Å². The second-order valence-electron chi connectivity index (χ2n) is 4.60. The molecule has 1 atom stereocenters. The van der Waals surface area contributed by atoms with Gasteiger partial charge >= 0.3 is 0 Å². The summed E-state index contributed by atoms with van der Waals surface area (Å²) in [5.41, 5.74) is 5.75. The highest BCUT2D eigenvalue weighted by atomic mass is 16.3. The average molecular weight is 251 g/mol. The molecule has 1 saturated heterocycles. The zero-order valence-electron chi connectivity index (χ0n) is 10.8. The maximum atomic E-state index is 12.1. The van der Waals surface area contributed by atoms with E-state index in [9.17, 15) is 4.79 Å². The SMILES string of the molecule is CCC(CN)N1CCN(C(=O)c2ccco2)CC1. The molecule has 0 radical (unpaired) electrons. The Hall–Kier alpha value is -1.33. The Balaban J connectivity index is 1.89. The summed E-state index contributed by atoms with van der Waals surface area (Å²) in [5, 5.41) is 0. The number of amides is 1. The second kappa shape index (κ2) is 6.02. The number of carbonyl (C=O) groups excluding carboxylic acids is 1. The van der Waals surface area contributed by atoms with Crippen LogP contribution in [0.3, 0.4) is 0 Å². The molecule has 5 nitrogen and oxygen atoms in total. The lowest BCUT2D eigenvalue weighted by Crippen LogP contribution is -2.53. The van der Waals surface area contributed by atoms with E-state index in [-0.39, 0.29) is 5.91 Å². The minimum atomic E-state index is -0.0135. The van der Waals surface area contributed by atoms with E-state index < -0.39 is 0 Å². The Bertz CT molecular complexity index is 366. The van der Waals surface area contributed by atoms with Gasteiger partial charge in [-0.25, -0.2) is 0 Å². The molecule has 1 aliphatic rings. The van der Waals surface area contributed by atoms with Crippen LogP contribution in [-0.2, 0) is 0 Å². The van der Waals surface area contributed by atoms with E-state index >= 15 is 0 Å². The van der Waals surface area contributed by atoms with Crippen LogP contribution >= 0.6 is 0 Å². The third-order valence-corrected chi connectivity index (χ3v) is 3.59. The molecule has 0 saturated carbocycles. The van der Waals surface area contributed by atoms with E-state index in [1.807, 2.05) is 4.90 Å². The van der Waals surface area contributed by atoms with Crippen LogP contribution < -0.4 is 5.73 Å². The van der Waals surface area contributed by atoms with Crippen LogP contribution in [-0.4, -0.2) is 54.5 Å². The van der Waals surface area contributed by atoms with Gasteiger partial charge in [-0.15, -0.1) is 0 Å². The van der Waals surface area contributed by atoms with Gasteiger partial charge in [0.25, 0.3) is 5.91 Å². The predicted molar refractivity (Wildman–Crippen MR) is 69.3 cm³/mol. The lowest BCUT2D eigenvalue weighted by molar-refractivity contribution is 0.0543. The van der Waals surface area contributed by atoms with Gasteiger partial charge in [0.05, 0.1) is 6.26 Å². The van der Waals surface area contributed by atoms with Crippen LogP contribution in [0.25, 0.3) is 0 Å². The lowest BCUT2D eigenvalue weighted by Gasteiger charge is -2.38. The molecule has 5 heteroatoms. The van der Waals surface area contributed by atoms with Crippen molar-refractivity contribution in [1.82, 2.24) is 9.80 Å². The van der Waals surface area contributed by atoms with E-state index in [4.69, 9.17) is 10.2 Å². The van der Waals surface area contributed by atoms with Crippen molar-refractivity contribution >= 4 is 5.91 Å². The van der Waals surface area contributed by atoms with Gasteiger partial charge in [-0.3, -0.25) is 9.69 Å². The number of hydrogen-bond donors (Lipinski definition) is 1. The van der Waals surface area contributed by atoms with Gasteiger partial charge < -0.3 is 15.1 Å². The molecule has 1 aliphatic heterocycles. The van der Waals surface area contributed by atoms with E-state index in [1.54, 1.807) is 12.1 Å². The number of nitrogens with two attached hydrogens (primary N) is 1. The first-order valence-electron chi connectivity index (χ1n) is 6.53. The smallest absolute Gasteiger partial charge is 0.289 e. The fraction of sp³-hybridized carbons (Fsp3) is 0.615. The molecule has 1 unspecified atom stereocenters. The summed E-state index contributed by atoms with van der Waals surface area (Å²) in [7, 11) is 0. The van der Waals surface area contributed by atoms with Crippen LogP contribution in [0.15, 0.2) is 22.8 Å². The first kappa shape index (κ1) is 13.1. The van der Waals surface area contributed by atoms with Crippen molar-refractivity contribution in [3.63, 3.8) is 0 Å². The molecule has 18 heavy (non-hydrogen) atoms. The molecule has 0 spiro atoms. The third kappa shape index (κ3) is 2.73. The minimum absolute atomic E-state index is 0.0135. The van der Waals surface area contributed by atoms with Gasteiger partial charge in [0.2, 0.25) is 0 Å². The Labute approximate surface area is 108 Å². The lowest BCUT2D eigenvalue weighted by atomic mass is 10.1. The first-order chi connectivity index (χ1) is 8.76. The van der Waals surface area contributed by atoms with Crippen LogP contribution in [0.1, 0.15) is 23.9 Å². The van der Waals surface area contributed by atoms with E-state index in [0.717, 1.165) is 32.6 Å². The number of nitrogens with zero attached hydrogens (tertiary/aromatic N) is 2. The predicted octanol–water partition coefficient (Wildman–Crippen LogP) is 0.775. The fourth-order valence-electron chi connectivity index (χ4n) is 2.42. The zero-order valence-corrected chi connectivity index (χ0v) is 10.8. The van der Waals surface area contributed by atoms with Gasteiger partial charge in [-0.2, -0.15) is 0 Å². The van der Waals surface area contributed by atoms with Crippen molar-refractivity contribution < 1.29 is 9.21 Å². The van der Waals surface area contributed by atoms with E-state index in [2.05, 4.69) is 11.8 Å². The average Bonchev–Trinajstić information content (AvgIpc) is 2.94. The van der Waals surface area contributed by atoms with Crippen LogP contribution in [0.4, 0.5) is 0 Å². The molecule has 100 valence electrons. The Kier molecular flexibility index (Phi) is 4.38. The molecule has 0 aliphatic carbocycles. The molecule has 2 heterocycles. The number of carbonyl (C=O) groups is 1. The van der Waals surface area contributed by atoms with Gasteiger partial charge in [0, 0.05) is 38.8 Å². The van der Waals surface area contributed by atoms with Crippen molar-refractivity contribution in [1.29, 1.82) is 0 Å². The summed E-state index contributed by atoms with van der Waals surface area (Å²) in [4.78, 5) is 16.3. The summed E-state index contributed by atoms with van der Waals surface area (Å²) in [5.74, 6) is 0.412. The molecule has 0 bridgehead atoms. The number of piperazine rings is 1. The van der Waals surface area contributed by atoms with Gasteiger partial charge in [0.1, 0.15) is 0 Å². The highest BCUT2D eigenvalue weighted by molar-refractivity contribution is 5.91. The number of hydrogen-bond acceptors (Lipinski definition) is 4. The maximum Gasteiger partial charge on any atom is 0.289 e. The van der Waals surface area contributed by atoms with Crippen molar-refractivity contribution in [2.24, 2.45) is 5.73 Å². The van der Waals surface area contributed by atoms with E-state index in [1.165, 1.54) is 6.26 Å². The fourth-order valence-corrected chi connectivity index (χ4v) is 2.42. The third-order valence-electron chi connectivity index (χ3n) is 3.59. The molecular formula is C13H21N3O2. The first-order valence-corrected chi connectivity index (χ1v) is 6.53. The summed E-state index contributed by atoms with van der Waals surface area (Å²) >= 11 is 0. The quantitative estimate of drug-likeness (QED) is 0.858. The largest absolute Gasteiger partial charge is 0.459 e. The summed E-state index contributed by atoms with van der Waals surface area (Å²) in [6, 6.07) is 3.89. The van der Waals surface area contributed by atoms with Crippen molar-refractivity contribution in [3.05, 3.63) is 24.2 Å². The molecule has 1 aromatic rings. The molecule has 0 aromatic carbocycles. The molecule has 2 rings (SSSR count). The molecule has 2 N–H and O–H groups in total. The van der Waals surface area contributed by atoms with Crippen molar-refractivity contribution in [2.45, 2.75) is 19.4 Å². The molecular weight excluding hydrogens is 230 g/mol. The normalized spacial score (nSPS) is 18.9. The Morgan fingerprint density at radius 2 is 2.17 bits per heavy atom. The minimum Gasteiger partial charge on any atom is -0.459 e. The Morgan fingerprint density at radius 1 is 1.44 bits per heavy atom. The maximum absolute atomic E-state index is 12.1. The summed E-state index contributed by atoms with van der Waals surface area (Å²) < 4.78 is 5.14. The molecule has 1 fully saturated rings.